The van der Waals surface area contributed by atoms with Crippen molar-refractivity contribution in [2.75, 3.05) is 7.11 Å². The van der Waals surface area contributed by atoms with E-state index in [9.17, 15) is 9.59 Å². The number of esters is 1. The highest BCUT2D eigenvalue weighted by atomic mass is 16.6. The molecule has 5 heteroatoms. The Morgan fingerprint density at radius 1 is 1.32 bits per heavy atom. The molecule has 0 aliphatic heterocycles. The lowest BCUT2D eigenvalue weighted by atomic mass is 9.73. The van der Waals surface area contributed by atoms with Crippen molar-refractivity contribution in [1.82, 2.24) is 5.32 Å². The number of alkyl carbamates (subject to hydrolysis) is 1. The summed E-state index contributed by atoms with van der Waals surface area (Å²) in [7, 11) is 1.40. The van der Waals surface area contributed by atoms with Gasteiger partial charge in [0.05, 0.1) is 12.5 Å². The molecule has 1 N–H and O–H groups in total. The lowest BCUT2D eigenvalue weighted by Crippen LogP contribution is -2.46. The molecule has 0 aromatic rings. The molecule has 1 saturated carbocycles. The average molecular weight is 271 g/mol. The van der Waals surface area contributed by atoms with Crippen molar-refractivity contribution in [3.63, 3.8) is 0 Å². The molecule has 1 amide bonds. The Kier molecular flexibility index (Phi) is 4.82. The van der Waals surface area contributed by atoms with Gasteiger partial charge in [-0.25, -0.2) is 4.79 Å². The SMILES string of the molecule is COC(=O)C1(C)CCCC(NC(=O)OC(C)(C)C)C1. The molecule has 2 unspecified atom stereocenters. The van der Waals surface area contributed by atoms with Crippen molar-refractivity contribution in [1.29, 1.82) is 0 Å². The molecule has 0 radical (unpaired) electrons. The van der Waals surface area contributed by atoms with Crippen LogP contribution in [-0.2, 0) is 14.3 Å². The zero-order valence-corrected chi connectivity index (χ0v) is 12.5. The summed E-state index contributed by atoms with van der Waals surface area (Å²) in [4.78, 5) is 23.5. The number of carbonyl (C=O) groups is 2. The quantitative estimate of drug-likeness (QED) is 0.784. The van der Waals surface area contributed by atoms with Gasteiger partial charge in [-0.1, -0.05) is 6.42 Å². The predicted octanol–water partition coefficient (Wildman–Crippen LogP) is 2.63. The topological polar surface area (TPSA) is 64.6 Å². The minimum Gasteiger partial charge on any atom is -0.469 e. The number of methoxy groups -OCH3 is 1. The molecule has 1 aliphatic rings. The van der Waals surface area contributed by atoms with E-state index < -0.39 is 17.1 Å². The molecule has 0 spiro atoms. The van der Waals surface area contributed by atoms with Crippen LogP contribution in [0.5, 0.6) is 0 Å². The molecule has 110 valence electrons. The van der Waals surface area contributed by atoms with Crippen molar-refractivity contribution in [2.45, 2.75) is 65.0 Å². The van der Waals surface area contributed by atoms with Crippen molar-refractivity contribution in [3.8, 4) is 0 Å². The lowest BCUT2D eigenvalue weighted by Gasteiger charge is -2.36. The van der Waals surface area contributed by atoms with Gasteiger partial charge in [-0.05, 0) is 47.0 Å². The van der Waals surface area contributed by atoms with Gasteiger partial charge in [0.25, 0.3) is 0 Å². The van der Waals surface area contributed by atoms with Crippen molar-refractivity contribution < 1.29 is 19.1 Å². The van der Waals surface area contributed by atoms with Crippen LogP contribution in [-0.4, -0.2) is 30.8 Å². The molecule has 1 fully saturated rings. The summed E-state index contributed by atoms with van der Waals surface area (Å²) in [5.74, 6) is -0.205. The highest BCUT2D eigenvalue weighted by Gasteiger charge is 2.40. The Labute approximate surface area is 115 Å². The van der Waals surface area contributed by atoms with Crippen LogP contribution >= 0.6 is 0 Å². The molecular weight excluding hydrogens is 246 g/mol. The summed E-state index contributed by atoms with van der Waals surface area (Å²) in [5.41, 5.74) is -1.02. The summed E-state index contributed by atoms with van der Waals surface area (Å²) in [6.07, 6.45) is 2.73. The van der Waals surface area contributed by atoms with Crippen LogP contribution < -0.4 is 5.32 Å². The summed E-state index contributed by atoms with van der Waals surface area (Å²) >= 11 is 0. The Hall–Kier alpha value is -1.26. The van der Waals surface area contributed by atoms with E-state index in [4.69, 9.17) is 9.47 Å². The van der Waals surface area contributed by atoms with Gasteiger partial charge in [0, 0.05) is 6.04 Å². The van der Waals surface area contributed by atoms with Gasteiger partial charge in [0.1, 0.15) is 5.60 Å². The van der Waals surface area contributed by atoms with Gasteiger partial charge in [-0.3, -0.25) is 4.79 Å². The second-order valence-electron chi connectivity index (χ2n) is 6.49. The molecule has 0 saturated heterocycles. The molecule has 19 heavy (non-hydrogen) atoms. The van der Waals surface area contributed by atoms with Crippen LogP contribution in [0.2, 0.25) is 0 Å². The number of hydrogen-bond acceptors (Lipinski definition) is 4. The van der Waals surface area contributed by atoms with Gasteiger partial charge in [0.2, 0.25) is 0 Å². The van der Waals surface area contributed by atoms with E-state index in [2.05, 4.69) is 5.32 Å². The first kappa shape index (κ1) is 15.8. The molecule has 0 aromatic heterocycles. The van der Waals surface area contributed by atoms with Crippen LogP contribution in [0.4, 0.5) is 4.79 Å². The third-order valence-electron chi connectivity index (χ3n) is 3.38. The number of carbonyl (C=O) groups excluding carboxylic acids is 2. The van der Waals surface area contributed by atoms with Crippen molar-refractivity contribution in [3.05, 3.63) is 0 Å². The Morgan fingerprint density at radius 3 is 2.47 bits per heavy atom. The number of hydrogen-bond donors (Lipinski definition) is 1. The lowest BCUT2D eigenvalue weighted by molar-refractivity contribution is -0.154. The minimum atomic E-state index is -0.510. The summed E-state index contributed by atoms with van der Waals surface area (Å²) in [6, 6.07) is -0.0345. The summed E-state index contributed by atoms with van der Waals surface area (Å²) in [6.45, 7) is 7.37. The van der Waals surface area contributed by atoms with Crippen molar-refractivity contribution in [2.24, 2.45) is 5.41 Å². The largest absolute Gasteiger partial charge is 0.469 e. The first-order chi connectivity index (χ1) is 8.66. The van der Waals surface area contributed by atoms with Gasteiger partial charge in [-0.15, -0.1) is 0 Å². The maximum atomic E-state index is 11.8. The van der Waals surface area contributed by atoms with Gasteiger partial charge in [-0.2, -0.15) is 0 Å². The van der Waals surface area contributed by atoms with E-state index in [1.165, 1.54) is 7.11 Å². The fraction of sp³-hybridized carbons (Fsp3) is 0.857. The average Bonchev–Trinajstić information content (AvgIpc) is 2.25. The molecular formula is C14H25NO4. The van der Waals surface area contributed by atoms with Gasteiger partial charge >= 0.3 is 12.1 Å². The minimum absolute atomic E-state index is 0.0345. The Morgan fingerprint density at radius 2 is 1.95 bits per heavy atom. The normalized spacial score (nSPS) is 27.5. The van der Waals surface area contributed by atoms with E-state index in [0.717, 1.165) is 19.3 Å². The fourth-order valence-electron chi connectivity index (χ4n) is 2.52. The zero-order valence-electron chi connectivity index (χ0n) is 12.5. The van der Waals surface area contributed by atoms with Crippen LogP contribution in [0, 0.1) is 5.41 Å². The highest BCUT2D eigenvalue weighted by Crippen LogP contribution is 2.37. The molecule has 1 rings (SSSR count). The second kappa shape index (κ2) is 5.80. The Balaban J connectivity index is 2.56. The van der Waals surface area contributed by atoms with Crippen LogP contribution in [0.3, 0.4) is 0 Å². The predicted molar refractivity (Wildman–Crippen MR) is 71.7 cm³/mol. The Bertz CT molecular complexity index is 348. The zero-order chi connectivity index (χ0) is 14.7. The third kappa shape index (κ3) is 4.73. The second-order valence-corrected chi connectivity index (χ2v) is 6.49. The monoisotopic (exact) mass is 271 g/mol. The maximum Gasteiger partial charge on any atom is 0.407 e. The number of rotatable bonds is 2. The molecule has 0 bridgehead atoms. The first-order valence-electron chi connectivity index (χ1n) is 6.74. The fourth-order valence-corrected chi connectivity index (χ4v) is 2.52. The molecule has 1 aliphatic carbocycles. The van der Waals surface area contributed by atoms with Crippen LogP contribution in [0.15, 0.2) is 0 Å². The third-order valence-corrected chi connectivity index (χ3v) is 3.38. The van der Waals surface area contributed by atoms with Crippen molar-refractivity contribution >= 4 is 12.1 Å². The first-order valence-corrected chi connectivity index (χ1v) is 6.74. The number of nitrogens with one attached hydrogen (secondary N) is 1. The highest BCUT2D eigenvalue weighted by molar-refractivity contribution is 5.76. The van der Waals surface area contributed by atoms with Gasteiger partial charge < -0.3 is 14.8 Å². The van der Waals surface area contributed by atoms with E-state index in [-0.39, 0.29) is 12.0 Å². The van der Waals surface area contributed by atoms with Gasteiger partial charge in [0.15, 0.2) is 0 Å². The molecule has 5 nitrogen and oxygen atoms in total. The molecule has 2 atom stereocenters. The van der Waals surface area contributed by atoms with E-state index >= 15 is 0 Å². The van der Waals surface area contributed by atoms with E-state index in [1.807, 2.05) is 27.7 Å². The van der Waals surface area contributed by atoms with E-state index in [1.54, 1.807) is 0 Å². The number of amides is 1. The smallest absolute Gasteiger partial charge is 0.407 e. The maximum absolute atomic E-state index is 11.8. The van der Waals surface area contributed by atoms with Crippen LogP contribution in [0.25, 0.3) is 0 Å². The standard InChI is InChI=1S/C14H25NO4/c1-13(2,3)19-12(17)15-10-7-6-8-14(4,9-10)11(16)18-5/h10H,6-9H2,1-5H3,(H,15,17). The van der Waals surface area contributed by atoms with Crippen LogP contribution in [0.1, 0.15) is 53.4 Å². The molecule has 0 heterocycles. The summed E-state index contributed by atoms with van der Waals surface area (Å²) < 4.78 is 10.1. The summed E-state index contributed by atoms with van der Waals surface area (Å²) in [5, 5.41) is 2.84. The number of ether oxygens (including phenoxy) is 2. The molecule has 0 aromatic carbocycles. The van der Waals surface area contributed by atoms with E-state index in [0.29, 0.717) is 6.42 Å².